The lowest BCUT2D eigenvalue weighted by Crippen LogP contribution is -2.38. The van der Waals surface area contributed by atoms with Gasteiger partial charge in [0.05, 0.1) is 12.2 Å². The van der Waals surface area contributed by atoms with Crippen molar-refractivity contribution >= 4 is 16.8 Å². The average molecular weight is 312 g/mol. The predicted octanol–water partition coefficient (Wildman–Crippen LogP) is 2.87. The normalized spacial score (nSPS) is 20.4. The van der Waals surface area contributed by atoms with Crippen LogP contribution in [-0.4, -0.2) is 27.7 Å². The number of hydrogen-bond donors (Lipinski definition) is 2. The first-order valence-electron chi connectivity index (χ1n) is 7.68. The van der Waals surface area contributed by atoms with Gasteiger partial charge in [0.1, 0.15) is 5.82 Å². The maximum Gasteiger partial charge on any atom is 0.223 e. The molecule has 1 saturated carbocycles. The van der Waals surface area contributed by atoms with Gasteiger partial charge < -0.3 is 10.3 Å². The number of carbonyl (C=O) groups is 1. The number of rotatable bonds is 3. The van der Waals surface area contributed by atoms with Crippen LogP contribution in [0.2, 0.25) is 0 Å². The van der Waals surface area contributed by atoms with Crippen molar-refractivity contribution in [2.75, 3.05) is 7.05 Å². The molecule has 0 saturated heterocycles. The Labute approximate surface area is 132 Å². The summed E-state index contributed by atoms with van der Waals surface area (Å²) in [6.07, 6.45) is 7.33. The lowest BCUT2D eigenvalue weighted by molar-refractivity contribution is -0.128. The fraction of sp³-hybridized carbons (Fsp3) is 0.294. The Morgan fingerprint density at radius 1 is 1.43 bits per heavy atom. The second-order valence-corrected chi connectivity index (χ2v) is 6.04. The molecule has 2 heterocycles. The summed E-state index contributed by atoms with van der Waals surface area (Å²) < 4.78 is 15.2. The quantitative estimate of drug-likeness (QED) is 0.781. The molecule has 0 atom stereocenters. The van der Waals surface area contributed by atoms with Crippen molar-refractivity contribution < 1.29 is 9.18 Å². The third-order valence-corrected chi connectivity index (χ3v) is 4.66. The van der Waals surface area contributed by atoms with E-state index in [-0.39, 0.29) is 23.7 Å². The van der Waals surface area contributed by atoms with Crippen LogP contribution in [0.1, 0.15) is 18.9 Å². The van der Waals surface area contributed by atoms with Crippen molar-refractivity contribution in [3.8, 4) is 11.1 Å². The zero-order valence-corrected chi connectivity index (χ0v) is 12.7. The van der Waals surface area contributed by atoms with E-state index in [0.717, 1.165) is 34.9 Å². The van der Waals surface area contributed by atoms with Crippen LogP contribution in [0.15, 0.2) is 36.8 Å². The minimum Gasteiger partial charge on any atom is -0.360 e. The molecule has 1 aromatic carbocycles. The fourth-order valence-electron chi connectivity index (χ4n) is 3.24. The van der Waals surface area contributed by atoms with Gasteiger partial charge >= 0.3 is 0 Å². The minimum atomic E-state index is -0.253. The maximum atomic E-state index is 13.3. The van der Waals surface area contributed by atoms with Gasteiger partial charge in [0, 0.05) is 47.4 Å². The Bertz CT molecular complexity index is 876. The topological polar surface area (TPSA) is 62.7 Å². The molecule has 3 aromatic rings. The summed E-state index contributed by atoms with van der Waals surface area (Å²) in [5.41, 5.74) is 2.77. The molecule has 5 nitrogen and oxygen atoms in total. The molecule has 1 fully saturated rings. The monoisotopic (exact) mass is 312 g/mol. The third kappa shape index (κ3) is 2.30. The molecule has 0 unspecified atom stereocenters. The van der Waals surface area contributed by atoms with Crippen LogP contribution >= 0.6 is 0 Å². The summed E-state index contributed by atoms with van der Waals surface area (Å²) in [6, 6.07) is 5.00. The summed E-state index contributed by atoms with van der Waals surface area (Å²) in [7, 11) is 1.67. The van der Waals surface area contributed by atoms with Crippen molar-refractivity contribution in [3.05, 3.63) is 42.6 Å². The van der Waals surface area contributed by atoms with Gasteiger partial charge in [-0.3, -0.25) is 9.48 Å². The lowest BCUT2D eigenvalue weighted by atomic mass is 9.80. The first kappa shape index (κ1) is 14.0. The first-order chi connectivity index (χ1) is 11.2. The number of nitrogens with zero attached hydrogens (tertiary/aromatic N) is 2. The summed E-state index contributed by atoms with van der Waals surface area (Å²) in [5, 5.41) is 8.10. The van der Waals surface area contributed by atoms with Gasteiger partial charge in [0.2, 0.25) is 5.91 Å². The first-order valence-corrected chi connectivity index (χ1v) is 7.68. The summed E-state index contributed by atoms with van der Waals surface area (Å²) >= 11 is 0. The Hall–Kier alpha value is -2.63. The van der Waals surface area contributed by atoms with Crippen molar-refractivity contribution in [2.45, 2.75) is 18.9 Å². The molecule has 1 amide bonds. The summed E-state index contributed by atoms with van der Waals surface area (Å²) in [4.78, 5) is 14.7. The van der Waals surface area contributed by atoms with Crippen molar-refractivity contribution in [1.29, 1.82) is 0 Å². The van der Waals surface area contributed by atoms with Crippen molar-refractivity contribution in [2.24, 2.45) is 5.92 Å². The van der Waals surface area contributed by atoms with E-state index < -0.39 is 0 Å². The number of fused-ring (bicyclic) bond motifs is 1. The number of hydrogen-bond acceptors (Lipinski definition) is 2. The standard InChI is InChI=1S/C17H17FN4O/c1-19-17(23)10-4-13(5-10)22-9-11(7-21-22)15-8-20-16-6-12(18)2-3-14(15)16/h2-3,6-10,13,20H,4-5H2,1H3,(H,19,23)/t10-,13-. The van der Waals surface area contributed by atoms with Crippen LogP contribution in [0, 0.1) is 11.7 Å². The molecule has 6 heteroatoms. The number of aromatic amines is 1. The largest absolute Gasteiger partial charge is 0.360 e. The molecule has 0 spiro atoms. The average Bonchev–Trinajstić information content (AvgIpc) is 3.11. The van der Waals surface area contributed by atoms with Crippen LogP contribution in [0.4, 0.5) is 4.39 Å². The van der Waals surface area contributed by atoms with Crippen molar-refractivity contribution in [3.63, 3.8) is 0 Å². The number of halogens is 1. The van der Waals surface area contributed by atoms with E-state index in [1.54, 1.807) is 13.1 Å². The molecule has 2 N–H and O–H groups in total. The van der Waals surface area contributed by atoms with E-state index in [9.17, 15) is 9.18 Å². The number of amides is 1. The number of carbonyl (C=O) groups excluding carboxylic acids is 1. The molecular weight excluding hydrogens is 295 g/mol. The van der Waals surface area contributed by atoms with Gasteiger partial charge in [-0.05, 0) is 31.0 Å². The molecule has 23 heavy (non-hydrogen) atoms. The number of benzene rings is 1. The van der Waals surface area contributed by atoms with Crippen molar-refractivity contribution in [1.82, 2.24) is 20.1 Å². The molecule has 1 aliphatic rings. The lowest BCUT2D eigenvalue weighted by Gasteiger charge is -2.33. The van der Waals surface area contributed by atoms with Gasteiger partial charge in [-0.15, -0.1) is 0 Å². The fourth-order valence-corrected chi connectivity index (χ4v) is 3.24. The highest BCUT2D eigenvalue weighted by Crippen LogP contribution is 2.38. The maximum absolute atomic E-state index is 13.3. The van der Waals surface area contributed by atoms with Gasteiger partial charge in [0.25, 0.3) is 0 Å². The number of nitrogens with one attached hydrogen (secondary N) is 2. The van der Waals surface area contributed by atoms with E-state index in [4.69, 9.17) is 0 Å². The highest BCUT2D eigenvalue weighted by atomic mass is 19.1. The van der Waals surface area contributed by atoms with E-state index in [2.05, 4.69) is 15.4 Å². The van der Waals surface area contributed by atoms with E-state index in [0.29, 0.717) is 0 Å². The van der Waals surface area contributed by atoms with E-state index in [1.165, 1.54) is 12.1 Å². The summed E-state index contributed by atoms with van der Waals surface area (Å²) in [6.45, 7) is 0. The third-order valence-electron chi connectivity index (χ3n) is 4.66. The second-order valence-electron chi connectivity index (χ2n) is 6.04. The minimum absolute atomic E-state index is 0.0914. The molecule has 0 radical (unpaired) electrons. The molecule has 0 aliphatic heterocycles. The van der Waals surface area contributed by atoms with Crippen LogP contribution in [0.3, 0.4) is 0 Å². The Morgan fingerprint density at radius 3 is 3.04 bits per heavy atom. The number of H-pyrrole nitrogens is 1. The SMILES string of the molecule is CNC(=O)[C@H]1C[C@H](n2cc(-c3c[nH]c4cc(F)ccc34)cn2)C1. The molecule has 4 rings (SSSR count). The van der Waals surface area contributed by atoms with Gasteiger partial charge in [-0.25, -0.2) is 4.39 Å². The van der Waals surface area contributed by atoms with Gasteiger partial charge in [-0.2, -0.15) is 5.10 Å². The molecule has 2 aromatic heterocycles. The summed E-state index contributed by atoms with van der Waals surface area (Å²) in [5.74, 6) is -0.0581. The number of aromatic nitrogens is 3. The molecule has 118 valence electrons. The Morgan fingerprint density at radius 2 is 2.26 bits per heavy atom. The Kier molecular flexibility index (Phi) is 3.18. The predicted molar refractivity (Wildman–Crippen MR) is 85.3 cm³/mol. The zero-order chi connectivity index (χ0) is 16.0. The van der Waals surface area contributed by atoms with Gasteiger partial charge in [-0.1, -0.05) is 0 Å². The smallest absolute Gasteiger partial charge is 0.223 e. The molecule has 0 bridgehead atoms. The molecule has 1 aliphatic carbocycles. The van der Waals surface area contributed by atoms with E-state index >= 15 is 0 Å². The van der Waals surface area contributed by atoms with Crippen LogP contribution in [0.25, 0.3) is 22.0 Å². The second kappa shape index (κ2) is 5.22. The van der Waals surface area contributed by atoms with Gasteiger partial charge in [0.15, 0.2) is 0 Å². The van der Waals surface area contributed by atoms with E-state index in [1.807, 2.05) is 23.3 Å². The molecular formula is C17H17FN4O. The zero-order valence-electron chi connectivity index (χ0n) is 12.7. The van der Waals surface area contributed by atoms with Crippen LogP contribution in [0.5, 0.6) is 0 Å². The highest BCUT2D eigenvalue weighted by Gasteiger charge is 2.35. The highest BCUT2D eigenvalue weighted by molar-refractivity contribution is 5.95. The van der Waals surface area contributed by atoms with Crippen LogP contribution in [-0.2, 0) is 4.79 Å². The Balaban J connectivity index is 1.57. The van der Waals surface area contributed by atoms with Crippen LogP contribution < -0.4 is 5.32 Å².